The highest BCUT2D eigenvalue weighted by molar-refractivity contribution is 6.23. The third-order valence-corrected chi connectivity index (χ3v) is 4.03. The molecule has 0 radical (unpaired) electrons. The second kappa shape index (κ2) is 5.60. The van der Waals surface area contributed by atoms with E-state index >= 15 is 0 Å². The Morgan fingerprint density at radius 2 is 1.95 bits per heavy atom. The van der Waals surface area contributed by atoms with E-state index in [1.54, 1.807) is 6.92 Å². The van der Waals surface area contributed by atoms with Crippen molar-refractivity contribution in [2.24, 2.45) is 0 Å². The van der Waals surface area contributed by atoms with Gasteiger partial charge in [-0.25, -0.2) is 4.39 Å². The SMILES string of the molecule is CCC(Cl)C(C)(C(=O)O)c1ccc(C(F)(F)F)cc1F. The van der Waals surface area contributed by atoms with Crippen molar-refractivity contribution in [1.82, 2.24) is 0 Å². The Morgan fingerprint density at radius 3 is 2.30 bits per heavy atom. The minimum atomic E-state index is -4.69. The van der Waals surface area contributed by atoms with Gasteiger partial charge in [-0.2, -0.15) is 13.2 Å². The van der Waals surface area contributed by atoms with Gasteiger partial charge in [0.15, 0.2) is 0 Å². The van der Waals surface area contributed by atoms with E-state index in [0.29, 0.717) is 6.07 Å². The number of carboxylic acid groups (broad SMARTS) is 1. The minimum Gasteiger partial charge on any atom is -0.481 e. The number of hydrogen-bond donors (Lipinski definition) is 1. The molecule has 0 aliphatic carbocycles. The summed E-state index contributed by atoms with van der Waals surface area (Å²) < 4.78 is 51.3. The van der Waals surface area contributed by atoms with Gasteiger partial charge < -0.3 is 5.11 Å². The topological polar surface area (TPSA) is 37.3 Å². The highest BCUT2D eigenvalue weighted by Crippen LogP contribution is 2.37. The van der Waals surface area contributed by atoms with Crippen LogP contribution in [0.1, 0.15) is 31.4 Å². The van der Waals surface area contributed by atoms with Crippen LogP contribution < -0.4 is 0 Å². The summed E-state index contributed by atoms with van der Waals surface area (Å²) in [6.07, 6.45) is -4.46. The van der Waals surface area contributed by atoms with Gasteiger partial charge >= 0.3 is 12.1 Å². The Balaban J connectivity index is 3.41. The van der Waals surface area contributed by atoms with Crippen molar-refractivity contribution in [3.8, 4) is 0 Å². The van der Waals surface area contributed by atoms with E-state index in [-0.39, 0.29) is 18.1 Å². The van der Waals surface area contributed by atoms with E-state index in [1.807, 2.05) is 0 Å². The predicted octanol–water partition coefficient (Wildman–Crippen LogP) is 4.20. The molecule has 0 aliphatic rings. The van der Waals surface area contributed by atoms with Crippen LogP contribution in [0.2, 0.25) is 0 Å². The monoisotopic (exact) mass is 312 g/mol. The van der Waals surface area contributed by atoms with Crippen LogP contribution >= 0.6 is 11.6 Å². The molecule has 0 fully saturated rings. The number of aliphatic carboxylic acids is 1. The first kappa shape index (κ1) is 16.8. The lowest BCUT2D eigenvalue weighted by atomic mass is 9.77. The first-order valence-electron chi connectivity index (χ1n) is 5.79. The quantitative estimate of drug-likeness (QED) is 0.668. The Hall–Kier alpha value is -1.30. The Bertz CT molecular complexity index is 516. The maximum absolute atomic E-state index is 13.9. The first-order chi connectivity index (χ1) is 9.05. The Labute approximate surface area is 118 Å². The third-order valence-electron chi connectivity index (χ3n) is 3.29. The molecule has 0 spiro atoms. The number of hydrogen-bond acceptors (Lipinski definition) is 1. The molecule has 1 N–H and O–H groups in total. The molecule has 0 saturated carbocycles. The molecule has 2 nitrogen and oxygen atoms in total. The number of carboxylic acids is 1. The predicted molar refractivity (Wildman–Crippen MR) is 66.3 cm³/mol. The number of rotatable bonds is 4. The summed E-state index contributed by atoms with van der Waals surface area (Å²) in [5.41, 5.74) is -3.33. The molecular weight excluding hydrogens is 300 g/mol. The summed E-state index contributed by atoms with van der Waals surface area (Å²) in [6, 6.07) is 1.77. The molecule has 0 aromatic heterocycles. The van der Waals surface area contributed by atoms with Gasteiger partial charge in [-0.05, 0) is 25.5 Å². The van der Waals surface area contributed by atoms with Gasteiger partial charge in [0.25, 0.3) is 0 Å². The average Bonchev–Trinajstić information content (AvgIpc) is 2.35. The second-order valence-corrected chi connectivity index (χ2v) is 5.10. The zero-order chi connectivity index (χ0) is 15.7. The highest BCUT2D eigenvalue weighted by atomic mass is 35.5. The van der Waals surface area contributed by atoms with Crippen LogP contribution in [0.5, 0.6) is 0 Å². The van der Waals surface area contributed by atoms with Crippen LogP contribution in [0.4, 0.5) is 17.6 Å². The van der Waals surface area contributed by atoms with Crippen LogP contribution in [0, 0.1) is 5.82 Å². The lowest BCUT2D eigenvalue weighted by Crippen LogP contribution is -2.42. The van der Waals surface area contributed by atoms with Crippen molar-refractivity contribution in [1.29, 1.82) is 0 Å². The third kappa shape index (κ3) is 2.90. The first-order valence-corrected chi connectivity index (χ1v) is 6.23. The fraction of sp³-hybridized carbons (Fsp3) is 0.462. The summed E-state index contributed by atoms with van der Waals surface area (Å²) in [4.78, 5) is 11.4. The van der Waals surface area contributed by atoms with Gasteiger partial charge in [-0.15, -0.1) is 11.6 Å². The molecule has 0 bridgehead atoms. The average molecular weight is 313 g/mol. The molecule has 0 heterocycles. The molecule has 112 valence electrons. The number of alkyl halides is 4. The lowest BCUT2D eigenvalue weighted by Gasteiger charge is -2.30. The molecule has 2 atom stereocenters. The fourth-order valence-electron chi connectivity index (χ4n) is 1.94. The molecule has 2 unspecified atom stereocenters. The smallest absolute Gasteiger partial charge is 0.416 e. The zero-order valence-electron chi connectivity index (χ0n) is 10.8. The van der Waals surface area contributed by atoms with Gasteiger partial charge in [0, 0.05) is 5.56 Å². The molecular formula is C13H13ClF4O2. The van der Waals surface area contributed by atoms with Crippen molar-refractivity contribution < 1.29 is 27.5 Å². The van der Waals surface area contributed by atoms with Crippen molar-refractivity contribution in [2.45, 2.75) is 37.2 Å². The van der Waals surface area contributed by atoms with Gasteiger partial charge in [0.05, 0.1) is 10.9 Å². The normalized spacial score (nSPS) is 16.6. The Kier molecular flexibility index (Phi) is 4.69. The van der Waals surface area contributed by atoms with Crippen molar-refractivity contribution in [3.63, 3.8) is 0 Å². The molecule has 1 aromatic rings. The molecule has 1 rings (SSSR count). The Morgan fingerprint density at radius 1 is 1.40 bits per heavy atom. The van der Waals surface area contributed by atoms with E-state index in [4.69, 9.17) is 11.6 Å². The molecule has 7 heteroatoms. The maximum atomic E-state index is 13.9. The highest BCUT2D eigenvalue weighted by Gasteiger charge is 2.44. The van der Waals surface area contributed by atoms with E-state index in [2.05, 4.69) is 0 Å². The maximum Gasteiger partial charge on any atom is 0.416 e. The van der Waals surface area contributed by atoms with Gasteiger partial charge in [0.1, 0.15) is 11.2 Å². The van der Waals surface area contributed by atoms with Crippen LogP contribution in [-0.4, -0.2) is 16.5 Å². The summed E-state index contributed by atoms with van der Waals surface area (Å²) in [6.45, 7) is 2.81. The molecule has 0 saturated heterocycles. The van der Waals surface area contributed by atoms with Crippen LogP contribution in [0.3, 0.4) is 0 Å². The van der Waals surface area contributed by atoms with Gasteiger partial charge in [0.2, 0.25) is 0 Å². The van der Waals surface area contributed by atoms with Crippen molar-refractivity contribution in [2.75, 3.05) is 0 Å². The fourth-order valence-corrected chi connectivity index (χ4v) is 2.15. The summed E-state index contributed by atoms with van der Waals surface area (Å²) in [7, 11) is 0. The van der Waals surface area contributed by atoms with Gasteiger partial charge in [-0.3, -0.25) is 4.79 Å². The van der Waals surface area contributed by atoms with Crippen molar-refractivity contribution in [3.05, 3.63) is 35.1 Å². The van der Waals surface area contributed by atoms with Crippen molar-refractivity contribution >= 4 is 17.6 Å². The van der Waals surface area contributed by atoms with Crippen LogP contribution in [0.25, 0.3) is 0 Å². The molecule has 20 heavy (non-hydrogen) atoms. The number of benzene rings is 1. The molecule has 0 aliphatic heterocycles. The number of halogens is 5. The summed E-state index contributed by atoms with van der Waals surface area (Å²) >= 11 is 5.93. The van der Waals surface area contributed by atoms with E-state index in [0.717, 1.165) is 6.07 Å². The van der Waals surface area contributed by atoms with Crippen LogP contribution in [0.15, 0.2) is 18.2 Å². The lowest BCUT2D eigenvalue weighted by molar-refractivity contribution is -0.143. The van der Waals surface area contributed by atoms with E-state index in [9.17, 15) is 27.5 Å². The van der Waals surface area contributed by atoms with Crippen LogP contribution in [-0.2, 0) is 16.4 Å². The second-order valence-electron chi connectivity index (χ2n) is 4.58. The minimum absolute atomic E-state index is 0.227. The molecule has 0 amide bonds. The summed E-state index contributed by atoms with van der Waals surface area (Å²) in [5.74, 6) is -2.62. The van der Waals surface area contributed by atoms with Gasteiger partial charge in [-0.1, -0.05) is 13.0 Å². The zero-order valence-corrected chi connectivity index (χ0v) is 11.5. The standard InChI is InChI=1S/C13H13ClF4O2/c1-3-10(14)12(2,11(19)20)8-5-4-7(6-9(8)15)13(16,17)18/h4-6,10H,3H2,1-2H3,(H,19,20). The summed E-state index contributed by atoms with van der Waals surface area (Å²) in [5, 5.41) is 8.32. The van der Waals surface area contributed by atoms with E-state index < -0.39 is 34.3 Å². The largest absolute Gasteiger partial charge is 0.481 e. The van der Waals surface area contributed by atoms with E-state index in [1.165, 1.54) is 6.92 Å². The number of carbonyl (C=O) groups is 1. The molecule has 1 aromatic carbocycles.